The van der Waals surface area contributed by atoms with E-state index in [9.17, 15) is 9.59 Å². The molecular formula is C35H43N3O4. The summed E-state index contributed by atoms with van der Waals surface area (Å²) >= 11 is 0. The summed E-state index contributed by atoms with van der Waals surface area (Å²) in [5.74, 6) is 1.78. The predicted molar refractivity (Wildman–Crippen MR) is 166 cm³/mol. The molecule has 3 aromatic carbocycles. The van der Waals surface area contributed by atoms with Crippen LogP contribution in [0.5, 0.6) is 11.5 Å². The van der Waals surface area contributed by atoms with E-state index in [1.807, 2.05) is 53.4 Å². The summed E-state index contributed by atoms with van der Waals surface area (Å²) in [6, 6.07) is 26.3. The molecule has 0 aromatic heterocycles. The van der Waals surface area contributed by atoms with Crippen molar-refractivity contribution < 1.29 is 19.1 Å². The Morgan fingerprint density at radius 3 is 2.33 bits per heavy atom. The van der Waals surface area contributed by atoms with Crippen LogP contribution in [0.25, 0.3) is 0 Å². The molecule has 7 heteroatoms. The lowest BCUT2D eigenvalue weighted by Crippen LogP contribution is -2.40. The number of carbonyl (C=O) groups is 2. The van der Waals surface area contributed by atoms with Crippen molar-refractivity contribution in [3.63, 3.8) is 0 Å². The van der Waals surface area contributed by atoms with Gasteiger partial charge in [-0.25, -0.2) is 0 Å². The van der Waals surface area contributed by atoms with Crippen LogP contribution in [0.1, 0.15) is 36.8 Å². The molecular weight excluding hydrogens is 526 g/mol. The van der Waals surface area contributed by atoms with Crippen molar-refractivity contribution in [2.45, 2.75) is 38.6 Å². The van der Waals surface area contributed by atoms with Crippen molar-refractivity contribution >= 4 is 17.5 Å². The number of para-hydroxylation sites is 1. The maximum Gasteiger partial charge on any atom is 0.232 e. The molecule has 0 aliphatic carbocycles. The number of rotatable bonds is 12. The molecule has 1 unspecified atom stereocenters. The van der Waals surface area contributed by atoms with E-state index in [-0.39, 0.29) is 24.2 Å². The number of piperidine rings is 1. The van der Waals surface area contributed by atoms with Gasteiger partial charge >= 0.3 is 0 Å². The van der Waals surface area contributed by atoms with Crippen LogP contribution in [0.15, 0.2) is 78.9 Å². The third-order valence-corrected chi connectivity index (χ3v) is 8.68. The lowest BCUT2D eigenvalue weighted by molar-refractivity contribution is -0.128. The molecule has 1 atom stereocenters. The fourth-order valence-corrected chi connectivity index (χ4v) is 6.29. The molecule has 2 heterocycles. The zero-order chi connectivity index (χ0) is 29.3. The monoisotopic (exact) mass is 569 g/mol. The van der Waals surface area contributed by atoms with E-state index in [2.05, 4.69) is 35.2 Å². The summed E-state index contributed by atoms with van der Waals surface area (Å²) in [6.45, 7) is 4.65. The predicted octanol–water partition coefficient (Wildman–Crippen LogP) is 5.43. The summed E-state index contributed by atoms with van der Waals surface area (Å²) in [7, 11) is 3.23. The van der Waals surface area contributed by atoms with E-state index in [4.69, 9.17) is 9.47 Å². The van der Waals surface area contributed by atoms with Gasteiger partial charge in [0.15, 0.2) is 0 Å². The van der Waals surface area contributed by atoms with E-state index in [0.717, 1.165) is 49.6 Å². The lowest BCUT2D eigenvalue weighted by atomic mass is 9.90. The van der Waals surface area contributed by atoms with Gasteiger partial charge in [0.25, 0.3) is 0 Å². The normalized spacial score (nSPS) is 17.8. The molecule has 2 amide bonds. The molecule has 3 aromatic rings. The lowest BCUT2D eigenvalue weighted by Gasteiger charge is -2.33. The molecule has 0 saturated carbocycles. The highest BCUT2D eigenvalue weighted by Crippen LogP contribution is 2.30. The first kappa shape index (κ1) is 29.6. The number of likely N-dealkylation sites (tertiary alicyclic amines) is 2. The maximum absolute atomic E-state index is 13.9. The Bertz CT molecular complexity index is 1310. The number of methoxy groups -OCH3 is 2. The van der Waals surface area contributed by atoms with Gasteiger partial charge in [-0.2, -0.15) is 0 Å². The molecule has 222 valence electrons. The maximum atomic E-state index is 13.9. The zero-order valence-corrected chi connectivity index (χ0v) is 24.9. The molecule has 2 aliphatic heterocycles. The van der Waals surface area contributed by atoms with Gasteiger partial charge in [0.05, 0.1) is 20.1 Å². The van der Waals surface area contributed by atoms with Crippen LogP contribution in [0.4, 0.5) is 5.69 Å². The van der Waals surface area contributed by atoms with Crippen molar-refractivity contribution in [2.24, 2.45) is 11.8 Å². The van der Waals surface area contributed by atoms with E-state index in [1.165, 1.54) is 18.4 Å². The van der Waals surface area contributed by atoms with Gasteiger partial charge in [-0.1, -0.05) is 48.5 Å². The Hall–Kier alpha value is -3.84. The summed E-state index contributed by atoms with van der Waals surface area (Å²) in [6.07, 6.45) is 4.73. The molecule has 7 nitrogen and oxygen atoms in total. The van der Waals surface area contributed by atoms with Crippen LogP contribution in [-0.2, 0) is 22.6 Å². The summed E-state index contributed by atoms with van der Waals surface area (Å²) < 4.78 is 10.8. The van der Waals surface area contributed by atoms with E-state index in [1.54, 1.807) is 19.1 Å². The van der Waals surface area contributed by atoms with Crippen LogP contribution in [0.2, 0.25) is 0 Å². The second-order valence-electron chi connectivity index (χ2n) is 11.5. The fraction of sp³-hybridized carbons (Fsp3) is 0.429. The summed E-state index contributed by atoms with van der Waals surface area (Å²) in [5.41, 5.74) is 3.22. The van der Waals surface area contributed by atoms with Crippen LogP contribution >= 0.6 is 0 Å². The average Bonchev–Trinajstić information content (AvgIpc) is 3.40. The van der Waals surface area contributed by atoms with Gasteiger partial charge in [0.1, 0.15) is 11.5 Å². The van der Waals surface area contributed by atoms with Gasteiger partial charge in [0.2, 0.25) is 11.8 Å². The second-order valence-corrected chi connectivity index (χ2v) is 11.5. The number of benzene rings is 3. The number of hydrogen-bond acceptors (Lipinski definition) is 5. The number of ether oxygens (including phenoxy) is 2. The molecule has 2 saturated heterocycles. The van der Waals surface area contributed by atoms with Gasteiger partial charge in [-0.05, 0) is 81.1 Å². The summed E-state index contributed by atoms with van der Waals surface area (Å²) in [5, 5.41) is 0. The van der Waals surface area contributed by atoms with Crippen LogP contribution in [0.3, 0.4) is 0 Å². The standard InChI is InChI=1S/C35H43N3O4/c1-41-32-15-14-29(33(24-32)42-2)25-37-26-30(23-34(37)39)35(40)38(31-12-7-4-8-13-31)19-9-18-36-20-16-28(17-21-36)22-27-10-5-3-6-11-27/h3-8,10-15,24,28,30H,9,16-23,25-26H2,1-2H3. The van der Waals surface area contributed by atoms with E-state index < -0.39 is 0 Å². The molecule has 5 rings (SSSR count). The highest BCUT2D eigenvalue weighted by molar-refractivity contribution is 5.99. The molecule has 0 bridgehead atoms. The van der Waals surface area contributed by atoms with Crippen LogP contribution in [0, 0.1) is 11.8 Å². The van der Waals surface area contributed by atoms with Gasteiger partial charge in [0, 0.05) is 43.4 Å². The second kappa shape index (κ2) is 14.4. The fourth-order valence-electron chi connectivity index (χ4n) is 6.29. The average molecular weight is 570 g/mol. The van der Waals surface area contributed by atoms with E-state index in [0.29, 0.717) is 31.1 Å². The third-order valence-electron chi connectivity index (χ3n) is 8.68. The molecule has 0 radical (unpaired) electrons. The summed E-state index contributed by atoms with van der Waals surface area (Å²) in [4.78, 5) is 33.1. The minimum absolute atomic E-state index is 0.00222. The van der Waals surface area contributed by atoms with E-state index >= 15 is 0 Å². The molecule has 0 spiro atoms. The van der Waals surface area contributed by atoms with Crippen molar-refractivity contribution in [1.29, 1.82) is 0 Å². The quantitative estimate of drug-likeness (QED) is 0.291. The highest BCUT2D eigenvalue weighted by Gasteiger charge is 2.37. The van der Waals surface area contributed by atoms with Gasteiger partial charge < -0.3 is 24.2 Å². The first-order chi connectivity index (χ1) is 20.5. The SMILES string of the molecule is COc1ccc(CN2CC(C(=O)N(CCCN3CCC(Cc4ccccc4)CC3)c3ccccc3)CC2=O)c(OC)c1. The number of hydrogen-bond donors (Lipinski definition) is 0. The third kappa shape index (κ3) is 7.51. The highest BCUT2D eigenvalue weighted by atomic mass is 16.5. The Labute approximate surface area is 250 Å². The Balaban J connectivity index is 1.16. The minimum Gasteiger partial charge on any atom is -0.497 e. The van der Waals surface area contributed by atoms with Gasteiger partial charge in [-0.15, -0.1) is 0 Å². The minimum atomic E-state index is -0.365. The van der Waals surface area contributed by atoms with Crippen molar-refractivity contribution in [3.8, 4) is 11.5 Å². The molecule has 0 N–H and O–H groups in total. The number of carbonyl (C=O) groups excluding carboxylic acids is 2. The van der Waals surface area contributed by atoms with Crippen molar-refractivity contribution in [2.75, 3.05) is 51.8 Å². The number of amides is 2. The zero-order valence-electron chi connectivity index (χ0n) is 24.9. The molecule has 42 heavy (non-hydrogen) atoms. The van der Waals surface area contributed by atoms with Crippen molar-refractivity contribution in [3.05, 3.63) is 90.0 Å². The largest absolute Gasteiger partial charge is 0.497 e. The van der Waals surface area contributed by atoms with Crippen molar-refractivity contribution in [1.82, 2.24) is 9.80 Å². The van der Waals surface area contributed by atoms with Crippen LogP contribution in [-0.4, -0.2) is 68.6 Å². The first-order valence-electron chi connectivity index (χ1n) is 15.2. The first-order valence-corrected chi connectivity index (χ1v) is 15.2. The van der Waals surface area contributed by atoms with Gasteiger partial charge in [-0.3, -0.25) is 9.59 Å². The number of anilines is 1. The Kier molecular flexibility index (Phi) is 10.1. The smallest absolute Gasteiger partial charge is 0.232 e. The Morgan fingerprint density at radius 1 is 0.929 bits per heavy atom. The molecule has 2 fully saturated rings. The van der Waals surface area contributed by atoms with Crippen LogP contribution < -0.4 is 14.4 Å². The number of nitrogens with zero attached hydrogens (tertiary/aromatic N) is 3. The topological polar surface area (TPSA) is 62.3 Å². The molecule has 2 aliphatic rings. The Morgan fingerprint density at radius 2 is 1.64 bits per heavy atom.